The number of pyridine rings is 1. The number of carbonyl (C=O) groups is 1. The van der Waals surface area contributed by atoms with Crippen LogP contribution in [0.4, 0.5) is 10.5 Å². The number of nitrogen functional groups attached to an aromatic ring is 1. The number of rotatable bonds is 0. The molecule has 2 N–H and O–H groups in total. The van der Waals surface area contributed by atoms with Crippen molar-refractivity contribution >= 4 is 23.4 Å². The fourth-order valence-electron chi connectivity index (χ4n) is 2.17. The van der Waals surface area contributed by atoms with Gasteiger partial charge >= 0.3 is 6.09 Å². The van der Waals surface area contributed by atoms with Crippen LogP contribution in [0.3, 0.4) is 0 Å². The summed E-state index contributed by atoms with van der Waals surface area (Å²) in [5, 5.41) is 0.238. The highest BCUT2D eigenvalue weighted by Crippen LogP contribution is 2.22. The Balaban J connectivity index is 2.14. The van der Waals surface area contributed by atoms with E-state index in [0.717, 1.165) is 12.8 Å². The first-order chi connectivity index (χ1) is 10.3. The minimum absolute atomic E-state index is 0.166. The highest BCUT2D eigenvalue weighted by atomic mass is 35.5. The van der Waals surface area contributed by atoms with Gasteiger partial charge < -0.3 is 10.5 Å². The quantitative estimate of drug-likeness (QED) is 0.589. The zero-order chi connectivity index (χ0) is 16.3. The molecule has 1 aliphatic rings. The van der Waals surface area contributed by atoms with Crippen LogP contribution >= 0.6 is 11.6 Å². The molecular weight excluding hydrogens is 302 g/mol. The number of amides is 1. The number of likely N-dealkylation sites (tertiary alicyclic amines) is 1. The van der Waals surface area contributed by atoms with E-state index in [1.54, 1.807) is 17.2 Å². The monoisotopic (exact) mass is 321 g/mol. The zero-order valence-electron chi connectivity index (χ0n) is 13.0. The van der Waals surface area contributed by atoms with Gasteiger partial charge in [-0.3, -0.25) is 4.90 Å². The molecule has 2 rings (SSSR count). The molecule has 0 unspecified atom stereocenters. The summed E-state index contributed by atoms with van der Waals surface area (Å²) in [6.07, 6.45) is 2.96. The SMILES string of the molecule is CC(C)(C)OC(=O)N1CCC[C@H]1C#Cc1ccnc(Cl)c1N. The second-order valence-electron chi connectivity index (χ2n) is 6.16. The Morgan fingerprint density at radius 3 is 2.95 bits per heavy atom. The molecule has 2 heterocycles. The highest BCUT2D eigenvalue weighted by Gasteiger charge is 2.31. The molecule has 1 aromatic rings. The second kappa shape index (κ2) is 6.45. The van der Waals surface area contributed by atoms with Crippen LogP contribution in [-0.2, 0) is 4.74 Å². The van der Waals surface area contributed by atoms with E-state index in [-0.39, 0.29) is 17.3 Å². The summed E-state index contributed by atoms with van der Waals surface area (Å²) in [6.45, 7) is 6.20. The molecule has 118 valence electrons. The number of aromatic nitrogens is 1. The third kappa shape index (κ3) is 4.05. The normalized spacial score (nSPS) is 17.8. The molecule has 5 nitrogen and oxygen atoms in total. The molecular formula is C16H20ClN3O2. The van der Waals surface area contributed by atoms with Crippen molar-refractivity contribution < 1.29 is 9.53 Å². The van der Waals surface area contributed by atoms with E-state index in [0.29, 0.717) is 17.8 Å². The first-order valence-corrected chi connectivity index (χ1v) is 7.57. The Bertz CT molecular complexity index is 629. The van der Waals surface area contributed by atoms with Crippen LogP contribution < -0.4 is 5.73 Å². The molecule has 1 saturated heterocycles. The maximum atomic E-state index is 12.2. The van der Waals surface area contributed by atoms with Crippen molar-refractivity contribution in [1.82, 2.24) is 9.88 Å². The molecule has 0 saturated carbocycles. The van der Waals surface area contributed by atoms with Gasteiger partial charge in [0, 0.05) is 12.7 Å². The number of hydrogen-bond donors (Lipinski definition) is 1. The maximum Gasteiger partial charge on any atom is 0.411 e. The lowest BCUT2D eigenvalue weighted by atomic mass is 10.2. The Labute approximate surface area is 135 Å². The lowest BCUT2D eigenvalue weighted by Gasteiger charge is -2.26. The predicted molar refractivity (Wildman–Crippen MR) is 86.5 cm³/mol. The van der Waals surface area contributed by atoms with Crippen molar-refractivity contribution in [3.63, 3.8) is 0 Å². The van der Waals surface area contributed by atoms with Crippen molar-refractivity contribution in [2.75, 3.05) is 12.3 Å². The predicted octanol–water partition coefficient (Wildman–Crippen LogP) is 3.07. The largest absolute Gasteiger partial charge is 0.444 e. The summed E-state index contributed by atoms with van der Waals surface area (Å²) in [5.74, 6) is 6.09. The van der Waals surface area contributed by atoms with Gasteiger partial charge in [-0.25, -0.2) is 9.78 Å². The molecule has 1 aromatic heterocycles. The van der Waals surface area contributed by atoms with Gasteiger partial charge in [0.25, 0.3) is 0 Å². The van der Waals surface area contributed by atoms with Crippen LogP contribution in [0.25, 0.3) is 0 Å². The van der Waals surface area contributed by atoms with Crippen molar-refractivity contribution in [2.24, 2.45) is 0 Å². The van der Waals surface area contributed by atoms with Crippen LogP contribution in [0.15, 0.2) is 12.3 Å². The third-order valence-corrected chi connectivity index (χ3v) is 3.50. The second-order valence-corrected chi connectivity index (χ2v) is 6.52. The van der Waals surface area contributed by atoms with E-state index < -0.39 is 5.60 Å². The third-order valence-electron chi connectivity index (χ3n) is 3.20. The summed E-state index contributed by atoms with van der Waals surface area (Å²) >= 11 is 5.87. The fourth-order valence-corrected chi connectivity index (χ4v) is 2.33. The van der Waals surface area contributed by atoms with Crippen molar-refractivity contribution in [3.05, 3.63) is 23.0 Å². The number of nitrogens with two attached hydrogens (primary N) is 1. The van der Waals surface area contributed by atoms with E-state index in [2.05, 4.69) is 16.8 Å². The highest BCUT2D eigenvalue weighted by molar-refractivity contribution is 6.32. The minimum Gasteiger partial charge on any atom is -0.444 e. The number of anilines is 1. The van der Waals surface area contributed by atoms with Gasteiger partial charge in [-0.1, -0.05) is 23.4 Å². The Hall–Kier alpha value is -1.93. The first-order valence-electron chi connectivity index (χ1n) is 7.19. The van der Waals surface area contributed by atoms with Crippen LogP contribution in [-0.4, -0.2) is 34.2 Å². The van der Waals surface area contributed by atoms with E-state index in [1.807, 2.05) is 20.8 Å². The average molecular weight is 322 g/mol. The van der Waals surface area contributed by atoms with Crippen molar-refractivity contribution in [2.45, 2.75) is 45.3 Å². The van der Waals surface area contributed by atoms with E-state index in [9.17, 15) is 4.79 Å². The molecule has 1 atom stereocenters. The lowest BCUT2D eigenvalue weighted by Crippen LogP contribution is -2.39. The van der Waals surface area contributed by atoms with Gasteiger partial charge in [-0.05, 0) is 39.7 Å². The van der Waals surface area contributed by atoms with Crippen LogP contribution in [0.1, 0.15) is 39.2 Å². The molecule has 0 bridgehead atoms. The molecule has 1 fully saturated rings. The molecule has 6 heteroatoms. The van der Waals surface area contributed by atoms with Gasteiger partial charge in [-0.15, -0.1) is 0 Å². The van der Waals surface area contributed by atoms with Crippen molar-refractivity contribution in [1.29, 1.82) is 0 Å². The number of carbonyl (C=O) groups excluding carboxylic acids is 1. The summed E-state index contributed by atoms with van der Waals surface area (Å²) in [5.41, 5.74) is 6.31. The summed E-state index contributed by atoms with van der Waals surface area (Å²) in [6, 6.07) is 1.54. The molecule has 0 spiro atoms. The van der Waals surface area contributed by atoms with Gasteiger partial charge in [-0.2, -0.15) is 0 Å². The topological polar surface area (TPSA) is 68.5 Å². The summed E-state index contributed by atoms with van der Waals surface area (Å²) in [4.78, 5) is 17.7. The number of nitrogens with zero attached hydrogens (tertiary/aromatic N) is 2. The summed E-state index contributed by atoms with van der Waals surface area (Å²) in [7, 11) is 0. The summed E-state index contributed by atoms with van der Waals surface area (Å²) < 4.78 is 5.41. The Morgan fingerprint density at radius 2 is 2.27 bits per heavy atom. The van der Waals surface area contributed by atoms with E-state index in [4.69, 9.17) is 22.1 Å². The van der Waals surface area contributed by atoms with E-state index in [1.165, 1.54) is 0 Å². The average Bonchev–Trinajstić information content (AvgIpc) is 2.87. The van der Waals surface area contributed by atoms with E-state index >= 15 is 0 Å². The number of ether oxygens (including phenoxy) is 1. The molecule has 22 heavy (non-hydrogen) atoms. The van der Waals surface area contributed by atoms with Crippen LogP contribution in [0.2, 0.25) is 5.15 Å². The molecule has 1 amide bonds. The smallest absolute Gasteiger partial charge is 0.411 e. The Morgan fingerprint density at radius 1 is 1.55 bits per heavy atom. The van der Waals surface area contributed by atoms with Gasteiger partial charge in [0.15, 0.2) is 5.15 Å². The van der Waals surface area contributed by atoms with Crippen molar-refractivity contribution in [3.8, 4) is 11.8 Å². The first kappa shape index (κ1) is 16.4. The van der Waals surface area contributed by atoms with Crippen LogP contribution in [0, 0.1) is 11.8 Å². The lowest BCUT2D eigenvalue weighted by molar-refractivity contribution is 0.0261. The molecule has 0 aliphatic carbocycles. The van der Waals surface area contributed by atoms with Crippen LogP contribution in [0.5, 0.6) is 0 Å². The maximum absolute atomic E-state index is 12.2. The number of hydrogen-bond acceptors (Lipinski definition) is 4. The zero-order valence-corrected chi connectivity index (χ0v) is 13.8. The van der Waals surface area contributed by atoms with Gasteiger partial charge in [0.2, 0.25) is 0 Å². The number of halogens is 1. The fraction of sp³-hybridized carbons (Fsp3) is 0.500. The minimum atomic E-state index is -0.513. The Kier molecular flexibility index (Phi) is 4.82. The molecule has 1 aliphatic heterocycles. The standard InChI is InChI=1S/C16H20ClN3O2/c1-16(2,3)22-15(21)20-10-4-5-12(20)7-6-11-8-9-19-14(17)13(11)18/h8-9,12H,4-5,10,18H2,1-3H3/t12-/m0/s1. The van der Waals surface area contributed by atoms with Gasteiger partial charge in [0.1, 0.15) is 5.60 Å². The molecule has 0 aromatic carbocycles. The molecule has 0 radical (unpaired) electrons. The van der Waals surface area contributed by atoms with Gasteiger partial charge in [0.05, 0.1) is 17.3 Å².